The van der Waals surface area contributed by atoms with E-state index in [0.29, 0.717) is 11.8 Å². The lowest BCUT2D eigenvalue weighted by atomic mass is 10.1. The smallest absolute Gasteiger partial charge is 0.226 e. The van der Waals surface area contributed by atoms with Gasteiger partial charge in [-0.15, -0.1) is 0 Å². The fourth-order valence-electron chi connectivity index (χ4n) is 2.04. The minimum atomic E-state index is 0.573. The Balaban J connectivity index is 2.09. The van der Waals surface area contributed by atoms with Crippen LogP contribution in [0.3, 0.4) is 0 Å². The monoisotopic (exact) mass is 285 g/mol. The van der Waals surface area contributed by atoms with Gasteiger partial charge in [-0.1, -0.05) is 32.4 Å². The molecule has 0 unspecified atom stereocenters. The molecule has 0 atom stereocenters. The van der Waals surface area contributed by atoms with Gasteiger partial charge in [0.05, 0.1) is 0 Å². The number of benzene rings is 1. The number of anilines is 1. The molecule has 1 N–H and O–H groups in total. The van der Waals surface area contributed by atoms with Crippen LogP contribution in [0.2, 0.25) is 0 Å². The SMILES string of the molecule is CCCNc1nc(C)cc(Oc2ccc(CCC)cc2)n1. The number of aromatic nitrogens is 2. The standard InChI is InChI=1S/C17H23N3O/c1-4-6-14-7-9-15(10-8-14)21-16-12-13(3)19-17(20-16)18-11-5-2/h7-10,12H,4-6,11H2,1-3H3,(H,18,19,20). The quantitative estimate of drug-likeness (QED) is 0.821. The number of nitrogens with zero attached hydrogens (tertiary/aromatic N) is 2. The molecular formula is C17H23N3O. The van der Waals surface area contributed by atoms with E-state index in [4.69, 9.17) is 4.74 Å². The van der Waals surface area contributed by atoms with E-state index in [9.17, 15) is 0 Å². The van der Waals surface area contributed by atoms with E-state index in [1.807, 2.05) is 25.1 Å². The molecule has 0 radical (unpaired) electrons. The zero-order chi connectivity index (χ0) is 15.1. The molecule has 1 heterocycles. The molecule has 0 saturated heterocycles. The fourth-order valence-corrected chi connectivity index (χ4v) is 2.04. The van der Waals surface area contributed by atoms with Crippen molar-refractivity contribution < 1.29 is 4.74 Å². The van der Waals surface area contributed by atoms with Gasteiger partial charge in [-0.05, 0) is 37.5 Å². The van der Waals surface area contributed by atoms with Gasteiger partial charge in [0.25, 0.3) is 0 Å². The van der Waals surface area contributed by atoms with Crippen LogP contribution in [-0.2, 0) is 6.42 Å². The highest BCUT2D eigenvalue weighted by atomic mass is 16.5. The van der Waals surface area contributed by atoms with Crippen LogP contribution in [0.25, 0.3) is 0 Å². The molecule has 0 aliphatic carbocycles. The maximum atomic E-state index is 5.82. The minimum Gasteiger partial charge on any atom is -0.439 e. The summed E-state index contributed by atoms with van der Waals surface area (Å²) >= 11 is 0. The molecule has 0 saturated carbocycles. The van der Waals surface area contributed by atoms with Crippen LogP contribution in [0.5, 0.6) is 11.6 Å². The van der Waals surface area contributed by atoms with Crippen molar-refractivity contribution in [3.63, 3.8) is 0 Å². The van der Waals surface area contributed by atoms with E-state index in [-0.39, 0.29) is 0 Å². The molecular weight excluding hydrogens is 262 g/mol. The van der Waals surface area contributed by atoms with Gasteiger partial charge in [-0.3, -0.25) is 0 Å². The number of hydrogen-bond acceptors (Lipinski definition) is 4. The van der Waals surface area contributed by atoms with Crippen LogP contribution < -0.4 is 10.1 Å². The van der Waals surface area contributed by atoms with Crippen LogP contribution >= 0.6 is 0 Å². The van der Waals surface area contributed by atoms with Crippen molar-refractivity contribution in [1.82, 2.24) is 9.97 Å². The molecule has 2 aromatic rings. The predicted molar refractivity (Wildman–Crippen MR) is 86.1 cm³/mol. The minimum absolute atomic E-state index is 0.573. The Morgan fingerprint density at radius 2 is 1.81 bits per heavy atom. The zero-order valence-electron chi connectivity index (χ0n) is 13.0. The maximum absolute atomic E-state index is 5.82. The molecule has 0 bridgehead atoms. The third kappa shape index (κ3) is 4.74. The average Bonchev–Trinajstić information content (AvgIpc) is 2.47. The number of ether oxygens (including phenoxy) is 1. The Labute approximate surface area is 126 Å². The van der Waals surface area contributed by atoms with Crippen LogP contribution in [0, 0.1) is 6.92 Å². The first-order valence-corrected chi connectivity index (χ1v) is 7.57. The normalized spacial score (nSPS) is 10.4. The van der Waals surface area contributed by atoms with E-state index < -0.39 is 0 Å². The van der Waals surface area contributed by atoms with Crippen molar-refractivity contribution in [1.29, 1.82) is 0 Å². The molecule has 4 nitrogen and oxygen atoms in total. The van der Waals surface area contributed by atoms with Gasteiger partial charge in [0.1, 0.15) is 5.75 Å². The Morgan fingerprint density at radius 3 is 2.48 bits per heavy atom. The molecule has 1 aromatic carbocycles. The maximum Gasteiger partial charge on any atom is 0.226 e. The van der Waals surface area contributed by atoms with Crippen LogP contribution in [-0.4, -0.2) is 16.5 Å². The molecule has 112 valence electrons. The summed E-state index contributed by atoms with van der Waals surface area (Å²) in [5, 5.41) is 3.18. The molecule has 0 aliphatic rings. The summed E-state index contributed by atoms with van der Waals surface area (Å²) in [4.78, 5) is 8.73. The summed E-state index contributed by atoms with van der Waals surface area (Å²) in [7, 11) is 0. The lowest BCUT2D eigenvalue weighted by Gasteiger charge is -2.09. The van der Waals surface area contributed by atoms with E-state index in [0.717, 1.165) is 37.3 Å². The topological polar surface area (TPSA) is 47.0 Å². The summed E-state index contributed by atoms with van der Waals surface area (Å²) in [6.07, 6.45) is 3.28. The second-order valence-corrected chi connectivity index (χ2v) is 5.09. The van der Waals surface area contributed by atoms with Gasteiger partial charge in [-0.2, -0.15) is 4.98 Å². The van der Waals surface area contributed by atoms with E-state index in [2.05, 4.69) is 41.3 Å². The molecule has 21 heavy (non-hydrogen) atoms. The molecule has 0 fully saturated rings. The number of hydrogen-bond donors (Lipinski definition) is 1. The van der Waals surface area contributed by atoms with Crippen molar-refractivity contribution >= 4 is 5.95 Å². The van der Waals surface area contributed by atoms with Crippen LogP contribution in [0.15, 0.2) is 30.3 Å². The lowest BCUT2D eigenvalue weighted by Crippen LogP contribution is -2.05. The first-order valence-electron chi connectivity index (χ1n) is 7.57. The Bertz CT molecular complexity index is 567. The zero-order valence-corrected chi connectivity index (χ0v) is 13.0. The predicted octanol–water partition coefficient (Wildman–Crippen LogP) is 4.35. The van der Waals surface area contributed by atoms with Gasteiger partial charge in [0.15, 0.2) is 0 Å². The lowest BCUT2D eigenvalue weighted by molar-refractivity contribution is 0.461. The molecule has 2 rings (SSSR count). The fraction of sp³-hybridized carbons (Fsp3) is 0.412. The van der Waals surface area contributed by atoms with Crippen molar-refractivity contribution in [2.75, 3.05) is 11.9 Å². The highest BCUT2D eigenvalue weighted by Crippen LogP contribution is 2.22. The molecule has 0 amide bonds. The number of nitrogens with one attached hydrogen (secondary N) is 1. The Morgan fingerprint density at radius 1 is 1.05 bits per heavy atom. The molecule has 4 heteroatoms. The first kappa shape index (κ1) is 15.3. The third-order valence-electron chi connectivity index (χ3n) is 3.05. The van der Waals surface area contributed by atoms with Crippen molar-refractivity contribution in [2.24, 2.45) is 0 Å². The first-order chi connectivity index (χ1) is 10.2. The largest absolute Gasteiger partial charge is 0.439 e. The summed E-state index contributed by atoms with van der Waals surface area (Å²) in [5.41, 5.74) is 2.22. The van der Waals surface area contributed by atoms with Gasteiger partial charge in [0.2, 0.25) is 11.8 Å². The number of aryl methyl sites for hydroxylation is 2. The van der Waals surface area contributed by atoms with Crippen molar-refractivity contribution in [3.8, 4) is 11.6 Å². The number of rotatable bonds is 7. The third-order valence-corrected chi connectivity index (χ3v) is 3.05. The van der Waals surface area contributed by atoms with Crippen molar-refractivity contribution in [2.45, 2.75) is 40.0 Å². The van der Waals surface area contributed by atoms with Gasteiger partial charge in [-0.25, -0.2) is 4.98 Å². The molecule has 0 aliphatic heterocycles. The van der Waals surface area contributed by atoms with Crippen LogP contribution in [0.1, 0.15) is 37.9 Å². The van der Waals surface area contributed by atoms with Gasteiger partial charge < -0.3 is 10.1 Å². The summed E-state index contributed by atoms with van der Waals surface area (Å²) < 4.78 is 5.82. The van der Waals surface area contributed by atoms with Crippen molar-refractivity contribution in [3.05, 3.63) is 41.6 Å². The second-order valence-electron chi connectivity index (χ2n) is 5.09. The summed E-state index contributed by atoms with van der Waals surface area (Å²) in [5.74, 6) is 1.99. The average molecular weight is 285 g/mol. The van der Waals surface area contributed by atoms with E-state index >= 15 is 0 Å². The highest BCUT2D eigenvalue weighted by molar-refractivity contribution is 5.34. The highest BCUT2D eigenvalue weighted by Gasteiger charge is 2.04. The Kier molecular flexibility index (Phi) is 5.55. The molecule has 1 aromatic heterocycles. The Hall–Kier alpha value is -2.10. The second kappa shape index (κ2) is 7.62. The molecule has 0 spiro atoms. The van der Waals surface area contributed by atoms with Crippen LogP contribution in [0.4, 0.5) is 5.95 Å². The van der Waals surface area contributed by atoms with E-state index in [1.165, 1.54) is 5.56 Å². The summed E-state index contributed by atoms with van der Waals surface area (Å²) in [6.45, 7) is 7.08. The van der Waals surface area contributed by atoms with Gasteiger partial charge in [0, 0.05) is 18.3 Å². The summed E-state index contributed by atoms with van der Waals surface area (Å²) in [6, 6.07) is 10.0. The van der Waals surface area contributed by atoms with E-state index in [1.54, 1.807) is 0 Å². The van der Waals surface area contributed by atoms with Gasteiger partial charge >= 0.3 is 0 Å².